The maximum Gasteiger partial charge on any atom is 0.217 e. The summed E-state index contributed by atoms with van der Waals surface area (Å²) >= 11 is 0. The van der Waals surface area contributed by atoms with Crippen molar-refractivity contribution < 1.29 is 13.9 Å². The first-order valence-electron chi connectivity index (χ1n) is 7.59. The SMILES string of the molecule is CCOc1ncc(-c2cc(N)cnc2C)cc1C1(CF)COC1. The van der Waals surface area contributed by atoms with E-state index in [-0.39, 0.29) is 0 Å². The zero-order valence-corrected chi connectivity index (χ0v) is 13.3. The van der Waals surface area contributed by atoms with Crippen LogP contribution in [0.4, 0.5) is 10.1 Å². The molecule has 5 nitrogen and oxygen atoms in total. The number of halogens is 1. The minimum atomic E-state index is -0.671. The van der Waals surface area contributed by atoms with Gasteiger partial charge in [-0.25, -0.2) is 9.37 Å². The molecular weight excluding hydrogens is 297 g/mol. The molecular formula is C17H20FN3O2. The minimum absolute atomic E-state index is 0.336. The Morgan fingerprint density at radius 2 is 2.09 bits per heavy atom. The van der Waals surface area contributed by atoms with Crippen LogP contribution in [-0.4, -0.2) is 36.5 Å². The van der Waals surface area contributed by atoms with Gasteiger partial charge in [-0.3, -0.25) is 4.98 Å². The number of nitrogens with zero attached hydrogens (tertiary/aromatic N) is 2. The number of hydrogen-bond acceptors (Lipinski definition) is 5. The van der Waals surface area contributed by atoms with Crippen LogP contribution >= 0.6 is 0 Å². The van der Waals surface area contributed by atoms with Gasteiger partial charge in [-0.05, 0) is 26.0 Å². The first kappa shape index (κ1) is 15.7. The van der Waals surface area contributed by atoms with Gasteiger partial charge in [0.2, 0.25) is 5.88 Å². The third-order valence-electron chi connectivity index (χ3n) is 4.14. The van der Waals surface area contributed by atoms with Crippen molar-refractivity contribution in [2.24, 2.45) is 0 Å². The van der Waals surface area contributed by atoms with E-state index < -0.39 is 12.1 Å². The van der Waals surface area contributed by atoms with Crippen molar-refractivity contribution in [3.05, 3.63) is 35.8 Å². The number of pyridine rings is 2. The number of nitrogens with two attached hydrogens (primary N) is 1. The van der Waals surface area contributed by atoms with Crippen molar-refractivity contribution in [1.82, 2.24) is 9.97 Å². The molecule has 0 amide bonds. The quantitative estimate of drug-likeness (QED) is 0.918. The second-order valence-corrected chi connectivity index (χ2v) is 5.82. The van der Waals surface area contributed by atoms with E-state index in [1.165, 1.54) is 0 Å². The molecule has 1 fully saturated rings. The van der Waals surface area contributed by atoms with Crippen molar-refractivity contribution in [2.45, 2.75) is 19.3 Å². The fourth-order valence-electron chi connectivity index (χ4n) is 2.73. The molecule has 0 bridgehead atoms. The summed E-state index contributed by atoms with van der Waals surface area (Å²) < 4.78 is 24.5. The third kappa shape index (κ3) is 2.74. The van der Waals surface area contributed by atoms with Gasteiger partial charge in [0.1, 0.15) is 6.67 Å². The van der Waals surface area contributed by atoms with Crippen LogP contribution in [0, 0.1) is 6.92 Å². The maximum absolute atomic E-state index is 13.7. The van der Waals surface area contributed by atoms with Gasteiger partial charge < -0.3 is 15.2 Å². The number of aryl methyl sites for hydroxylation is 1. The van der Waals surface area contributed by atoms with Gasteiger partial charge in [-0.2, -0.15) is 0 Å². The molecule has 2 aromatic heterocycles. The second kappa shape index (κ2) is 6.12. The van der Waals surface area contributed by atoms with Gasteiger partial charge in [-0.15, -0.1) is 0 Å². The van der Waals surface area contributed by atoms with Crippen molar-refractivity contribution >= 4 is 5.69 Å². The lowest BCUT2D eigenvalue weighted by atomic mass is 9.79. The standard InChI is InChI=1S/C17H20FN3O2/c1-3-23-16-15(17(8-18)9-22-10-17)4-12(6-21-16)14-5-13(19)7-20-11(14)2/h4-7H,3,8-10,19H2,1-2H3. The Hall–Kier alpha value is -2.21. The molecule has 0 radical (unpaired) electrons. The molecule has 3 rings (SSSR count). The molecule has 2 aromatic rings. The Bertz CT molecular complexity index is 711. The molecule has 0 saturated carbocycles. The minimum Gasteiger partial charge on any atom is -0.478 e. The van der Waals surface area contributed by atoms with Crippen molar-refractivity contribution in [2.75, 3.05) is 32.2 Å². The highest BCUT2D eigenvalue weighted by Crippen LogP contribution is 2.39. The lowest BCUT2D eigenvalue weighted by molar-refractivity contribution is -0.0718. The van der Waals surface area contributed by atoms with E-state index in [4.69, 9.17) is 15.2 Å². The first-order valence-corrected chi connectivity index (χ1v) is 7.59. The Kier molecular flexibility index (Phi) is 4.17. The fourth-order valence-corrected chi connectivity index (χ4v) is 2.73. The highest BCUT2D eigenvalue weighted by Gasteiger charge is 2.43. The monoisotopic (exact) mass is 317 g/mol. The van der Waals surface area contributed by atoms with Crippen molar-refractivity contribution in [3.63, 3.8) is 0 Å². The predicted octanol–water partition coefficient (Wildman–Crippen LogP) is 2.67. The van der Waals surface area contributed by atoms with Crippen LogP contribution in [0.3, 0.4) is 0 Å². The molecule has 1 aliphatic rings. The predicted molar refractivity (Wildman–Crippen MR) is 86.3 cm³/mol. The van der Waals surface area contributed by atoms with Crippen LogP contribution < -0.4 is 10.5 Å². The van der Waals surface area contributed by atoms with Crippen LogP contribution in [0.2, 0.25) is 0 Å². The second-order valence-electron chi connectivity index (χ2n) is 5.82. The van der Waals surface area contributed by atoms with E-state index in [2.05, 4.69) is 9.97 Å². The smallest absolute Gasteiger partial charge is 0.217 e. The van der Waals surface area contributed by atoms with Crippen LogP contribution in [0.15, 0.2) is 24.5 Å². The van der Waals surface area contributed by atoms with Crippen LogP contribution in [-0.2, 0) is 10.2 Å². The number of ether oxygens (including phenoxy) is 2. The summed E-state index contributed by atoms with van der Waals surface area (Å²) in [4.78, 5) is 8.68. The number of hydrogen-bond donors (Lipinski definition) is 1. The number of rotatable bonds is 5. The van der Waals surface area contributed by atoms with E-state index >= 15 is 0 Å². The zero-order valence-electron chi connectivity index (χ0n) is 13.3. The molecule has 23 heavy (non-hydrogen) atoms. The number of nitrogen functional groups attached to an aromatic ring is 1. The van der Waals surface area contributed by atoms with E-state index in [9.17, 15) is 4.39 Å². The molecule has 1 saturated heterocycles. The van der Waals surface area contributed by atoms with E-state index in [0.717, 1.165) is 22.4 Å². The largest absolute Gasteiger partial charge is 0.478 e. The van der Waals surface area contributed by atoms with Crippen LogP contribution in [0.5, 0.6) is 5.88 Å². The highest BCUT2D eigenvalue weighted by atomic mass is 19.1. The average molecular weight is 317 g/mol. The Labute approximate surface area is 134 Å². The average Bonchev–Trinajstić information content (AvgIpc) is 2.51. The Morgan fingerprint density at radius 1 is 1.30 bits per heavy atom. The lowest BCUT2D eigenvalue weighted by Gasteiger charge is -2.40. The molecule has 6 heteroatoms. The molecule has 3 heterocycles. The summed E-state index contributed by atoms with van der Waals surface area (Å²) in [6, 6.07) is 3.77. The van der Waals surface area contributed by atoms with Crippen molar-refractivity contribution in [1.29, 1.82) is 0 Å². The van der Waals surface area contributed by atoms with Gasteiger partial charge in [0.15, 0.2) is 0 Å². The van der Waals surface area contributed by atoms with Gasteiger partial charge in [0, 0.05) is 28.6 Å². The Balaban J connectivity index is 2.12. The summed E-state index contributed by atoms with van der Waals surface area (Å²) in [5.41, 5.74) is 9.07. The lowest BCUT2D eigenvalue weighted by Crippen LogP contribution is -2.49. The summed E-state index contributed by atoms with van der Waals surface area (Å²) in [7, 11) is 0. The molecule has 0 aliphatic carbocycles. The van der Waals surface area contributed by atoms with Gasteiger partial charge >= 0.3 is 0 Å². The molecule has 2 N–H and O–H groups in total. The summed E-state index contributed by atoms with van der Waals surface area (Å²) in [6.45, 7) is 4.42. The molecule has 0 unspecified atom stereocenters. The molecule has 0 spiro atoms. The fraction of sp³-hybridized carbons (Fsp3) is 0.412. The molecule has 0 atom stereocenters. The van der Waals surface area contributed by atoms with Gasteiger partial charge in [-0.1, -0.05) is 0 Å². The van der Waals surface area contributed by atoms with Crippen LogP contribution in [0.25, 0.3) is 11.1 Å². The number of anilines is 1. The topological polar surface area (TPSA) is 70.3 Å². The van der Waals surface area contributed by atoms with Gasteiger partial charge in [0.05, 0.1) is 37.1 Å². The van der Waals surface area contributed by atoms with E-state index in [1.54, 1.807) is 12.4 Å². The number of alkyl halides is 1. The zero-order chi connectivity index (χ0) is 16.4. The molecule has 0 aromatic carbocycles. The van der Waals surface area contributed by atoms with Crippen LogP contribution in [0.1, 0.15) is 18.2 Å². The molecule has 1 aliphatic heterocycles. The maximum atomic E-state index is 13.7. The Morgan fingerprint density at radius 3 is 2.70 bits per heavy atom. The van der Waals surface area contributed by atoms with E-state index in [0.29, 0.717) is 31.4 Å². The van der Waals surface area contributed by atoms with E-state index in [1.807, 2.05) is 26.0 Å². The summed E-state index contributed by atoms with van der Waals surface area (Å²) in [6.07, 6.45) is 3.33. The first-order chi connectivity index (χ1) is 11.1. The van der Waals surface area contributed by atoms with Gasteiger partial charge in [0.25, 0.3) is 0 Å². The number of aromatic nitrogens is 2. The normalized spacial score (nSPS) is 16.0. The third-order valence-corrected chi connectivity index (χ3v) is 4.14. The molecule has 122 valence electrons. The summed E-state index contributed by atoms with van der Waals surface area (Å²) in [5.74, 6) is 0.465. The highest BCUT2D eigenvalue weighted by molar-refractivity contribution is 5.70. The van der Waals surface area contributed by atoms with Crippen molar-refractivity contribution in [3.8, 4) is 17.0 Å². The summed E-state index contributed by atoms with van der Waals surface area (Å²) in [5, 5.41) is 0.